The fourth-order valence-corrected chi connectivity index (χ4v) is 8.36. The number of esters is 1. The van der Waals surface area contributed by atoms with Gasteiger partial charge in [-0.2, -0.15) is 0 Å². The number of carbonyl (C=O) groups excluding carboxylic acids is 2. The SMILES string of the molecule is CC1=C2C(O)C(=O)[C@]3(C)CCC4OCC4(O)C3[C@H](C)C(O)(CC1OC(=O)C(O)C(N)c1ccccc1)C2(C)C.[Ac].[Ac]. The van der Waals surface area contributed by atoms with Gasteiger partial charge in [0.15, 0.2) is 11.9 Å². The molecular weight excluding hydrogens is 956 g/mol. The van der Waals surface area contributed by atoms with E-state index in [4.69, 9.17) is 15.2 Å². The molecule has 1 heterocycles. The molecule has 11 heteroatoms. The molecule has 1 aliphatic heterocycles. The summed E-state index contributed by atoms with van der Waals surface area (Å²) in [5, 5.41) is 46.7. The molecule has 8 unspecified atom stereocenters. The third-order valence-corrected chi connectivity index (χ3v) is 10.7. The van der Waals surface area contributed by atoms with E-state index in [-0.39, 0.29) is 101 Å². The Kier molecular flexibility index (Phi) is 11.0. The molecule has 3 aliphatic carbocycles. The molecule has 2 radical (unpaired) electrons. The number of ether oxygens (including phenoxy) is 2. The number of nitrogens with two attached hydrogens (primary N) is 1. The Balaban J connectivity index is 0.00000231. The summed E-state index contributed by atoms with van der Waals surface area (Å²) in [4.78, 5) is 27.2. The maximum absolute atomic E-state index is 14.1. The standard InChI is InChI=1S/C30H41NO8.2Ac/c1-15-18(39-26(35)23(33)21(31)17-9-7-6-8-10-17)13-30(37)16(2)24-28(5,12-11-19-29(24,36)14-38-19)25(34)22(32)20(15)27(30,3)4;;/h6-10,16,18-19,21-24,32-33,36-37H,11-14,31H2,1-5H3;;/t16-,18?,19?,21?,22?,23?,24?,28+,29?,30?;;/m0../s1. The third-order valence-electron chi connectivity index (χ3n) is 10.7. The predicted octanol–water partition coefficient (Wildman–Crippen LogP) is 1.56. The van der Waals surface area contributed by atoms with Crippen LogP contribution in [0.5, 0.6) is 0 Å². The summed E-state index contributed by atoms with van der Waals surface area (Å²) >= 11 is 0. The van der Waals surface area contributed by atoms with Crippen LogP contribution in [-0.2, 0) is 19.1 Å². The first-order chi connectivity index (χ1) is 18.1. The van der Waals surface area contributed by atoms with Crippen LogP contribution in [0, 0.1) is 111 Å². The molecule has 0 aromatic heterocycles. The first-order valence-electron chi connectivity index (χ1n) is 13.8. The van der Waals surface area contributed by atoms with Gasteiger partial charge in [-0.15, -0.1) is 0 Å². The van der Waals surface area contributed by atoms with Crippen molar-refractivity contribution in [3.05, 3.63) is 47.0 Å². The van der Waals surface area contributed by atoms with E-state index in [9.17, 15) is 30.0 Å². The molecule has 41 heavy (non-hydrogen) atoms. The number of aliphatic hydroxyl groups is 4. The topological polar surface area (TPSA) is 160 Å². The molecule has 5 rings (SSSR count). The van der Waals surface area contributed by atoms with Gasteiger partial charge in [-0.25, -0.2) is 4.79 Å². The van der Waals surface area contributed by atoms with Gasteiger partial charge in [0.2, 0.25) is 0 Å². The van der Waals surface area contributed by atoms with E-state index >= 15 is 0 Å². The van der Waals surface area contributed by atoms with Gasteiger partial charge in [0.25, 0.3) is 0 Å². The average Bonchev–Trinajstić information content (AvgIpc) is 2.88. The van der Waals surface area contributed by atoms with Crippen LogP contribution in [0.15, 0.2) is 41.5 Å². The zero-order valence-corrected chi connectivity index (χ0v) is 33.9. The number of hydrogen-bond acceptors (Lipinski definition) is 9. The molecule has 0 amide bonds. The third kappa shape index (κ3) is 5.37. The first-order valence-corrected chi connectivity index (χ1v) is 13.8. The summed E-state index contributed by atoms with van der Waals surface area (Å²) in [6.45, 7) is 8.89. The van der Waals surface area contributed by atoms with E-state index in [0.717, 1.165) is 0 Å². The summed E-state index contributed by atoms with van der Waals surface area (Å²) < 4.78 is 11.4. The Bertz CT molecular complexity index is 1210. The van der Waals surface area contributed by atoms with Crippen molar-refractivity contribution in [2.24, 2.45) is 28.4 Å². The van der Waals surface area contributed by atoms with Crippen LogP contribution in [0.1, 0.15) is 65.5 Å². The van der Waals surface area contributed by atoms with Crippen LogP contribution in [0.4, 0.5) is 0 Å². The van der Waals surface area contributed by atoms with Crippen LogP contribution in [0.3, 0.4) is 0 Å². The minimum absolute atomic E-state index is 0. The summed E-state index contributed by atoms with van der Waals surface area (Å²) in [5.74, 6) is -2.71. The van der Waals surface area contributed by atoms with E-state index in [1.807, 2.05) is 6.92 Å². The molecule has 1 aromatic carbocycles. The smallest absolute Gasteiger partial charge is 0.337 e. The molecule has 2 bridgehead atoms. The quantitative estimate of drug-likeness (QED) is 0.223. The van der Waals surface area contributed by atoms with E-state index in [1.165, 1.54) is 0 Å². The fourth-order valence-electron chi connectivity index (χ4n) is 8.36. The molecule has 9 nitrogen and oxygen atoms in total. The van der Waals surface area contributed by atoms with Crippen molar-refractivity contribution in [1.29, 1.82) is 0 Å². The minimum atomic E-state index is -1.67. The number of rotatable bonds is 4. The number of carbonyl (C=O) groups is 2. The largest absolute Gasteiger partial charge is 0.456 e. The zero-order chi connectivity index (χ0) is 28.7. The molecule has 1 aromatic rings. The number of benzene rings is 1. The summed E-state index contributed by atoms with van der Waals surface area (Å²) in [6.07, 6.45) is -3.85. The first kappa shape index (κ1) is 36.2. The maximum atomic E-state index is 14.1. The van der Waals surface area contributed by atoms with Crippen molar-refractivity contribution in [3.63, 3.8) is 0 Å². The van der Waals surface area contributed by atoms with Gasteiger partial charge in [-0.05, 0) is 42.4 Å². The van der Waals surface area contributed by atoms with Gasteiger partial charge < -0.3 is 35.6 Å². The number of ketones is 1. The molecule has 3 fully saturated rings. The van der Waals surface area contributed by atoms with Gasteiger partial charge >= 0.3 is 5.97 Å². The molecule has 2 saturated carbocycles. The van der Waals surface area contributed by atoms with Gasteiger partial charge in [-0.3, -0.25) is 4.79 Å². The second kappa shape index (κ2) is 12.5. The number of fused-ring (bicyclic) bond motifs is 5. The second-order valence-corrected chi connectivity index (χ2v) is 12.9. The van der Waals surface area contributed by atoms with Crippen molar-refractivity contribution in [2.75, 3.05) is 6.61 Å². The van der Waals surface area contributed by atoms with E-state index < -0.39 is 76.1 Å². The molecule has 220 valence electrons. The van der Waals surface area contributed by atoms with Gasteiger partial charge in [-0.1, -0.05) is 58.0 Å². The summed E-state index contributed by atoms with van der Waals surface area (Å²) in [7, 11) is 0. The Hall–Kier alpha value is 0.743. The van der Waals surface area contributed by atoms with Gasteiger partial charge in [0, 0.05) is 111 Å². The van der Waals surface area contributed by atoms with E-state index in [0.29, 0.717) is 29.6 Å². The van der Waals surface area contributed by atoms with E-state index in [2.05, 4.69) is 0 Å². The monoisotopic (exact) mass is 997 g/mol. The Morgan fingerprint density at radius 3 is 2.32 bits per heavy atom. The normalized spacial score (nSPS) is 40.6. The molecule has 10 atom stereocenters. The van der Waals surface area contributed by atoms with Crippen molar-refractivity contribution in [2.45, 2.75) is 95.5 Å². The van der Waals surface area contributed by atoms with Gasteiger partial charge in [0.05, 0.1) is 24.4 Å². The van der Waals surface area contributed by atoms with Crippen molar-refractivity contribution in [1.82, 2.24) is 0 Å². The van der Waals surface area contributed by atoms with Crippen LogP contribution in [-0.4, -0.2) is 74.4 Å². The van der Waals surface area contributed by atoms with Crippen molar-refractivity contribution < 1.29 is 128 Å². The Morgan fingerprint density at radius 1 is 1.15 bits per heavy atom. The molecule has 4 aliphatic rings. The van der Waals surface area contributed by atoms with Crippen LogP contribution >= 0.6 is 0 Å². The summed E-state index contributed by atoms with van der Waals surface area (Å²) in [6, 6.07) is 7.66. The predicted molar refractivity (Wildman–Crippen MR) is 141 cm³/mol. The van der Waals surface area contributed by atoms with Crippen LogP contribution < -0.4 is 5.73 Å². The average molecular weight is 998 g/mol. The summed E-state index contributed by atoms with van der Waals surface area (Å²) in [5.41, 5.74) is 2.39. The number of hydrogen-bond donors (Lipinski definition) is 5. The van der Waals surface area contributed by atoms with Crippen molar-refractivity contribution >= 4 is 11.8 Å². The van der Waals surface area contributed by atoms with Gasteiger partial charge in [0.1, 0.15) is 17.8 Å². The number of Topliss-reactive ketones (excluding diaryl/α,β-unsaturated/α-hetero) is 1. The molecular formula is C30H41Ac2NO8. The fraction of sp³-hybridized carbons (Fsp3) is 0.667. The zero-order valence-electron chi connectivity index (χ0n) is 24.4. The maximum Gasteiger partial charge on any atom is 0.337 e. The number of aliphatic hydroxyl groups excluding tert-OH is 2. The van der Waals surface area contributed by atoms with E-state index in [1.54, 1.807) is 58.0 Å². The second-order valence-electron chi connectivity index (χ2n) is 12.9. The Morgan fingerprint density at radius 2 is 1.76 bits per heavy atom. The molecule has 1 saturated heterocycles. The van der Waals surface area contributed by atoms with Crippen molar-refractivity contribution in [3.8, 4) is 0 Å². The van der Waals surface area contributed by atoms with Crippen LogP contribution in [0.2, 0.25) is 0 Å². The van der Waals surface area contributed by atoms with Crippen LogP contribution in [0.25, 0.3) is 0 Å². The minimum Gasteiger partial charge on any atom is -0.456 e. The molecule has 0 spiro atoms. The molecule has 6 N–H and O–H groups in total. The Labute approximate surface area is 313 Å².